The molecule has 1 aromatic heterocycles. The minimum atomic E-state index is 0.147. The average Bonchev–Trinajstić information content (AvgIpc) is 2.55. The van der Waals surface area contributed by atoms with Crippen molar-refractivity contribution in [1.29, 1.82) is 0 Å². The van der Waals surface area contributed by atoms with E-state index < -0.39 is 0 Å². The van der Waals surface area contributed by atoms with Crippen molar-refractivity contribution < 1.29 is 9.53 Å². The van der Waals surface area contributed by atoms with Crippen molar-refractivity contribution >= 4 is 5.91 Å². The van der Waals surface area contributed by atoms with Crippen LogP contribution in [0.15, 0.2) is 48.8 Å². The summed E-state index contributed by atoms with van der Waals surface area (Å²) in [5.41, 5.74) is 2.61. The molecule has 0 saturated heterocycles. The topological polar surface area (TPSA) is 42.4 Å². The van der Waals surface area contributed by atoms with Crippen molar-refractivity contribution in [3.63, 3.8) is 0 Å². The van der Waals surface area contributed by atoms with Crippen molar-refractivity contribution in [3.05, 3.63) is 59.9 Å². The lowest BCUT2D eigenvalue weighted by molar-refractivity contribution is -0.132. The molecule has 0 N–H and O–H groups in total. The van der Waals surface area contributed by atoms with Crippen LogP contribution in [0, 0.1) is 0 Å². The van der Waals surface area contributed by atoms with Crippen LogP contribution in [0.5, 0.6) is 5.75 Å². The third-order valence-corrected chi connectivity index (χ3v) is 3.70. The van der Waals surface area contributed by atoms with Gasteiger partial charge in [0.05, 0.1) is 19.2 Å². The monoisotopic (exact) mass is 282 g/mol. The lowest BCUT2D eigenvalue weighted by Gasteiger charge is -2.28. The maximum absolute atomic E-state index is 12.2. The van der Waals surface area contributed by atoms with Gasteiger partial charge in [-0.2, -0.15) is 0 Å². The molecule has 108 valence electrons. The summed E-state index contributed by atoms with van der Waals surface area (Å²) in [4.78, 5) is 18.1. The fourth-order valence-corrected chi connectivity index (χ4v) is 2.56. The first-order valence-corrected chi connectivity index (χ1v) is 7.20. The Hall–Kier alpha value is -2.36. The molecule has 0 bridgehead atoms. The van der Waals surface area contributed by atoms with E-state index in [9.17, 15) is 4.79 Å². The molecule has 0 saturated carbocycles. The van der Waals surface area contributed by atoms with Crippen molar-refractivity contribution in [2.45, 2.75) is 19.4 Å². The number of nitrogens with zero attached hydrogens (tertiary/aromatic N) is 2. The second-order valence-electron chi connectivity index (χ2n) is 5.12. The summed E-state index contributed by atoms with van der Waals surface area (Å²) in [6.07, 6.45) is 4.69. The molecule has 2 aromatic rings. The number of aromatic nitrogens is 1. The highest BCUT2D eigenvalue weighted by molar-refractivity contribution is 5.76. The lowest BCUT2D eigenvalue weighted by atomic mass is 10.00. The Kier molecular flexibility index (Phi) is 4.15. The quantitative estimate of drug-likeness (QED) is 0.865. The van der Waals surface area contributed by atoms with Gasteiger partial charge in [-0.1, -0.05) is 24.3 Å². The van der Waals surface area contributed by atoms with Crippen LogP contribution >= 0.6 is 0 Å². The first kappa shape index (κ1) is 13.6. The molecule has 4 heteroatoms. The molecular weight excluding hydrogens is 264 g/mol. The van der Waals surface area contributed by atoms with Crippen molar-refractivity contribution in [1.82, 2.24) is 9.88 Å². The molecule has 4 nitrogen and oxygen atoms in total. The number of ether oxygens (including phenoxy) is 1. The van der Waals surface area contributed by atoms with Gasteiger partial charge >= 0.3 is 0 Å². The number of benzene rings is 1. The number of amides is 1. The number of hydrogen-bond donors (Lipinski definition) is 0. The minimum absolute atomic E-state index is 0.147. The standard InChI is InChI=1S/C17H18N2O2/c20-17(8-11-21-16-6-3-9-18-12-16)19-10-7-14-4-1-2-5-15(14)13-19/h1-6,9,12H,7-8,10-11,13H2. The van der Waals surface area contributed by atoms with Gasteiger partial charge < -0.3 is 9.64 Å². The van der Waals surface area contributed by atoms with E-state index in [0.29, 0.717) is 25.3 Å². The zero-order valence-corrected chi connectivity index (χ0v) is 11.9. The van der Waals surface area contributed by atoms with Crippen molar-refractivity contribution in [2.75, 3.05) is 13.2 Å². The van der Waals surface area contributed by atoms with Gasteiger partial charge in [0.2, 0.25) is 5.91 Å². The molecular formula is C17H18N2O2. The van der Waals surface area contributed by atoms with Crippen LogP contribution < -0.4 is 4.74 Å². The molecule has 1 aromatic carbocycles. The summed E-state index contributed by atoms with van der Waals surface area (Å²) < 4.78 is 5.53. The van der Waals surface area contributed by atoms with Gasteiger partial charge in [-0.15, -0.1) is 0 Å². The Bertz CT molecular complexity index is 613. The third-order valence-electron chi connectivity index (χ3n) is 3.70. The summed E-state index contributed by atoms with van der Waals surface area (Å²) in [7, 11) is 0. The molecule has 0 unspecified atom stereocenters. The van der Waals surface area contributed by atoms with Gasteiger partial charge in [0.25, 0.3) is 0 Å². The molecule has 3 rings (SSSR count). The molecule has 2 heterocycles. The Morgan fingerprint density at radius 2 is 2.05 bits per heavy atom. The molecule has 1 aliphatic rings. The summed E-state index contributed by atoms with van der Waals surface area (Å²) >= 11 is 0. The van der Waals surface area contributed by atoms with E-state index in [2.05, 4.69) is 23.2 Å². The fraction of sp³-hybridized carbons (Fsp3) is 0.294. The summed E-state index contributed by atoms with van der Waals surface area (Å²) in [5, 5.41) is 0. The highest BCUT2D eigenvalue weighted by atomic mass is 16.5. The van der Waals surface area contributed by atoms with E-state index in [0.717, 1.165) is 13.0 Å². The maximum atomic E-state index is 12.2. The first-order chi connectivity index (χ1) is 10.3. The molecule has 0 aliphatic carbocycles. The molecule has 1 amide bonds. The molecule has 0 atom stereocenters. The fourth-order valence-electron chi connectivity index (χ4n) is 2.56. The number of fused-ring (bicyclic) bond motifs is 1. The van der Waals surface area contributed by atoms with Crippen LogP contribution in [-0.4, -0.2) is 28.9 Å². The van der Waals surface area contributed by atoms with E-state index in [1.54, 1.807) is 12.4 Å². The SMILES string of the molecule is O=C(CCOc1cccnc1)N1CCc2ccccc2C1. The van der Waals surface area contributed by atoms with Gasteiger partial charge in [0.1, 0.15) is 5.75 Å². The van der Waals surface area contributed by atoms with E-state index in [1.807, 2.05) is 23.1 Å². The van der Waals surface area contributed by atoms with E-state index in [4.69, 9.17) is 4.74 Å². The Labute approximate surface area is 124 Å². The summed E-state index contributed by atoms with van der Waals surface area (Å²) in [6, 6.07) is 12.0. The second kappa shape index (κ2) is 6.39. The summed E-state index contributed by atoms with van der Waals surface area (Å²) in [5.74, 6) is 0.850. The Morgan fingerprint density at radius 3 is 2.86 bits per heavy atom. The minimum Gasteiger partial charge on any atom is -0.491 e. The highest BCUT2D eigenvalue weighted by Gasteiger charge is 2.19. The summed E-state index contributed by atoms with van der Waals surface area (Å²) in [6.45, 7) is 1.90. The predicted molar refractivity (Wildman–Crippen MR) is 79.9 cm³/mol. The molecule has 0 fully saturated rings. The van der Waals surface area contributed by atoms with Gasteiger partial charge in [0.15, 0.2) is 0 Å². The van der Waals surface area contributed by atoms with Crippen LogP contribution in [-0.2, 0) is 17.8 Å². The molecule has 1 aliphatic heterocycles. The zero-order chi connectivity index (χ0) is 14.5. The number of carbonyl (C=O) groups is 1. The Morgan fingerprint density at radius 1 is 1.19 bits per heavy atom. The van der Waals surface area contributed by atoms with Crippen LogP contribution in [0.2, 0.25) is 0 Å². The van der Waals surface area contributed by atoms with Crippen LogP contribution in [0.1, 0.15) is 17.5 Å². The lowest BCUT2D eigenvalue weighted by Crippen LogP contribution is -2.36. The van der Waals surface area contributed by atoms with E-state index >= 15 is 0 Å². The van der Waals surface area contributed by atoms with Gasteiger partial charge in [-0.3, -0.25) is 9.78 Å². The van der Waals surface area contributed by atoms with Gasteiger partial charge in [0, 0.05) is 19.3 Å². The number of pyridine rings is 1. The maximum Gasteiger partial charge on any atom is 0.226 e. The van der Waals surface area contributed by atoms with Crippen molar-refractivity contribution in [3.8, 4) is 5.75 Å². The molecule has 21 heavy (non-hydrogen) atoms. The van der Waals surface area contributed by atoms with E-state index in [-0.39, 0.29) is 5.91 Å². The van der Waals surface area contributed by atoms with Crippen molar-refractivity contribution in [2.24, 2.45) is 0 Å². The van der Waals surface area contributed by atoms with Crippen LogP contribution in [0.3, 0.4) is 0 Å². The normalized spacial score (nSPS) is 13.6. The van der Waals surface area contributed by atoms with E-state index in [1.165, 1.54) is 11.1 Å². The Balaban J connectivity index is 1.50. The first-order valence-electron chi connectivity index (χ1n) is 7.20. The largest absolute Gasteiger partial charge is 0.491 e. The number of carbonyl (C=O) groups excluding carboxylic acids is 1. The number of hydrogen-bond acceptors (Lipinski definition) is 3. The molecule has 0 spiro atoms. The zero-order valence-electron chi connectivity index (χ0n) is 11.9. The molecule has 0 radical (unpaired) electrons. The second-order valence-corrected chi connectivity index (χ2v) is 5.12. The third kappa shape index (κ3) is 3.40. The average molecular weight is 282 g/mol. The van der Waals surface area contributed by atoms with Crippen LogP contribution in [0.25, 0.3) is 0 Å². The number of rotatable bonds is 4. The predicted octanol–water partition coefficient (Wildman–Crippen LogP) is 2.44. The van der Waals surface area contributed by atoms with Crippen LogP contribution in [0.4, 0.5) is 0 Å². The highest BCUT2D eigenvalue weighted by Crippen LogP contribution is 2.19. The smallest absolute Gasteiger partial charge is 0.226 e. The van der Waals surface area contributed by atoms with Gasteiger partial charge in [-0.25, -0.2) is 0 Å². The van der Waals surface area contributed by atoms with Gasteiger partial charge in [-0.05, 0) is 29.7 Å².